The molecule has 0 bridgehead atoms. The molecule has 33 nitrogen and oxygen atoms in total. The molecule has 0 radical (unpaired) electrons. The van der Waals surface area contributed by atoms with E-state index in [1.54, 1.807) is 96.2 Å². The monoisotopic (exact) mass is 3610 g/mol. The number of nitrogens with one attached hydrogen (secondary N) is 4. The fraction of sp³-hybridized carbons (Fsp3) is 0.391. The van der Waals surface area contributed by atoms with Gasteiger partial charge < -0.3 is 127 Å². The third kappa shape index (κ3) is 55.1. The summed E-state index contributed by atoms with van der Waals surface area (Å²) in [5, 5.41) is 55.5. The second kappa shape index (κ2) is 76.6. The molecule has 0 aromatic carbocycles. The maximum atomic E-state index is 11.0. The maximum Gasteiger partial charge on any atom is 0.274 e. The van der Waals surface area contributed by atoms with Gasteiger partial charge in [-0.3, -0.25) is 34.8 Å². The third-order valence-corrected chi connectivity index (χ3v) is 12.8. The van der Waals surface area contributed by atoms with Crippen LogP contribution in [0.25, 0.3) is 0 Å². The molecule has 12 rings (SSSR count). The van der Waals surface area contributed by atoms with Gasteiger partial charge in [-0.25, -0.2) is 0 Å². The molecule has 626 valence electrons. The van der Waals surface area contributed by atoms with Crippen molar-refractivity contribution in [3.63, 3.8) is 0 Å². The van der Waals surface area contributed by atoms with Crippen LogP contribution in [0.1, 0.15) is 154 Å². The first-order chi connectivity index (χ1) is 47.6. The Labute approximate surface area is 841 Å². The van der Waals surface area contributed by atoms with Gasteiger partial charge in [0.05, 0.1) is 40.2 Å². The van der Waals surface area contributed by atoms with Crippen molar-refractivity contribution >= 4 is 36.8 Å². The van der Waals surface area contributed by atoms with Crippen LogP contribution >= 0.6 is 0 Å². The Bertz CT molecular complexity index is 4250. The van der Waals surface area contributed by atoms with E-state index in [1.165, 1.54) is 45.8 Å². The van der Waals surface area contributed by atoms with Gasteiger partial charge in [0.25, 0.3) is 17.9 Å². The maximum absolute atomic E-state index is 11.0. The Kier molecular flexibility index (Phi) is 93.4. The zero-order chi connectivity index (χ0) is 76.6. The van der Waals surface area contributed by atoms with E-state index in [-0.39, 0.29) is 266 Å². The van der Waals surface area contributed by atoms with Crippen molar-refractivity contribution in [1.29, 1.82) is 0 Å². The van der Waals surface area contributed by atoms with Crippen molar-refractivity contribution < 1.29 is 296 Å². The smallest absolute Gasteiger partial charge is 0.274 e. The van der Waals surface area contributed by atoms with E-state index in [0.29, 0.717) is 50.9 Å². The molecule has 0 atom stereocenters. The van der Waals surface area contributed by atoms with E-state index >= 15 is 0 Å². The first-order valence-corrected chi connectivity index (χ1v) is 30.0. The number of hydrogen-bond acceptors (Lipinski definition) is 21. The molecule has 4 N–H and O–H groups in total. The third-order valence-electron chi connectivity index (χ3n) is 12.8. The molecule has 12 aromatic heterocycles. The first-order valence-electron chi connectivity index (χ1n) is 30.0. The van der Waals surface area contributed by atoms with Crippen molar-refractivity contribution in [2.45, 2.75) is 111 Å². The summed E-state index contributed by atoms with van der Waals surface area (Å²) in [7, 11) is 18.4. The zero-order valence-corrected chi connectivity index (χ0v) is 102. The molecule has 12 heterocycles. The van der Waals surface area contributed by atoms with Crippen molar-refractivity contribution in [1.82, 2.24) is 119 Å². The van der Waals surface area contributed by atoms with Crippen LogP contribution in [0.15, 0.2) is 18.6 Å². The number of esters is 3. The number of aromatic amines is 4. The predicted molar refractivity (Wildman–Crippen MR) is 374 cm³/mol. The fourth-order valence-corrected chi connectivity index (χ4v) is 6.92. The first kappa shape index (κ1) is 139. The van der Waals surface area contributed by atoms with Crippen LogP contribution in [0.5, 0.6) is 0 Å². The number of rotatable bonds is 6. The number of hydrogen-bond donors (Lipinski definition) is 4. The van der Waals surface area contributed by atoms with E-state index in [1.807, 2.05) is 101 Å². The van der Waals surface area contributed by atoms with Gasteiger partial charge >= 0.3 is 0 Å². The molecule has 12 aromatic rings. The molecule has 0 aliphatic carbocycles. The number of aldehydes is 3. The van der Waals surface area contributed by atoms with Crippen LogP contribution in [0.2, 0.25) is 0 Å². The summed E-state index contributed by atoms with van der Waals surface area (Å²) in [6.45, 7) is 28.4. The van der Waals surface area contributed by atoms with Crippen molar-refractivity contribution in [3.05, 3.63) is 211 Å². The minimum atomic E-state index is -0.417. The molecule has 114 heavy (non-hydrogen) atoms. The molecule has 0 spiro atoms. The molecule has 0 amide bonds. The number of carbonyl (C=O) groups excluding carboxylic acids is 6. The largest absolute Gasteiger partial charge is 0.478 e. The van der Waals surface area contributed by atoms with Gasteiger partial charge in [0.1, 0.15) is 0 Å². The molecule has 0 saturated carbocycles. The number of carbonyl (C=O) groups is 6. The summed E-state index contributed by atoms with van der Waals surface area (Å²) in [5.74, 6) is -1.20. The number of nitrogens with zero attached hydrogens (tertiary/aromatic N) is 20. The Morgan fingerprint density at radius 2 is 0.886 bits per heavy atom. The van der Waals surface area contributed by atoms with Gasteiger partial charge in [0, 0.05) is 315 Å². The number of methoxy groups -OCH3 is 3. The molecule has 0 fully saturated rings. The number of aryl methyl sites for hydroxylation is 22. The minimum Gasteiger partial charge on any atom is -0.478 e. The van der Waals surface area contributed by atoms with Crippen LogP contribution in [0.4, 0.5) is 0 Å². The fourth-order valence-electron chi connectivity index (χ4n) is 6.92. The summed E-state index contributed by atoms with van der Waals surface area (Å²) in [6.07, 6.45) is 40.9. The molecular weight excluding hydrogens is 3510 g/mol. The van der Waals surface area contributed by atoms with Gasteiger partial charge in [-0.15, -0.1) is 104 Å². The Hall–Kier alpha value is -3.80. The Balaban J connectivity index is -0.0000000881. The van der Waals surface area contributed by atoms with Crippen LogP contribution in [-0.2, 0) is 323 Å². The van der Waals surface area contributed by atoms with Crippen LogP contribution in [-0.4, -0.2) is 177 Å². The molecule has 0 aliphatic rings. The average molecular weight is 3610 g/mol. The van der Waals surface area contributed by atoms with Crippen LogP contribution in [0, 0.1) is 178 Å². The summed E-state index contributed by atoms with van der Waals surface area (Å²) < 4.78 is 26.3. The molecule has 45 heteroatoms. The van der Waals surface area contributed by atoms with E-state index < -0.39 is 11.9 Å². The van der Waals surface area contributed by atoms with Gasteiger partial charge in [0.15, 0.2) is 0 Å². The minimum absolute atomic E-state index is 0. The van der Waals surface area contributed by atoms with Gasteiger partial charge in [-0.2, -0.15) is 66.8 Å². The van der Waals surface area contributed by atoms with Crippen molar-refractivity contribution in [2.24, 2.45) is 56.4 Å². The predicted octanol–water partition coefficient (Wildman–Crippen LogP) is 6.63. The Morgan fingerprint density at radius 3 is 1.10 bits per heavy atom. The Morgan fingerprint density at radius 1 is 0.404 bits per heavy atom. The van der Waals surface area contributed by atoms with Crippen LogP contribution in [0.3, 0.4) is 0 Å². The molecule has 0 aliphatic heterocycles. The summed E-state index contributed by atoms with van der Waals surface area (Å²) in [4.78, 5) is 63.1. The number of H-pyrrole nitrogens is 4. The van der Waals surface area contributed by atoms with E-state index in [4.69, 9.17) is 0 Å². The summed E-state index contributed by atoms with van der Waals surface area (Å²) >= 11 is 0. The zero-order valence-electron chi connectivity index (χ0n) is 67.0. The van der Waals surface area contributed by atoms with Gasteiger partial charge in [-0.05, 0) is 22.8 Å². The normalized spacial score (nSPS) is 8.44. The molecule has 0 unspecified atom stereocenters. The summed E-state index contributed by atoms with van der Waals surface area (Å²) in [5.41, 5.74) is 17.1. The second-order valence-corrected chi connectivity index (χ2v) is 21.3. The van der Waals surface area contributed by atoms with Crippen molar-refractivity contribution in [2.75, 3.05) is 21.3 Å². The van der Waals surface area contributed by atoms with E-state index in [0.717, 1.165) is 80.3 Å². The molecular formula is C69H92N24O9W12-12. The SMILES string of the molecule is C.COC(=O)c1[nH]n[c-]c1C.COC(=O)c1c(C)[c-]nn1C.COC(=O)c1nn(C)[c-]c1C.Cc1[c-]n(C)nc1.Cc1[c-]n(C)nc1C.Cc1[c-]n(C)nc1C=O.Cc1[c-]n[nH]c1.Cc1[c-]n[nH]c1C.Cc1[c-]n[nH]c1C=O.Cc1[c-]nn(C)c1.Cc1[c-]nn(C)c1C.Cc1[c-]nn(C)c1C=O.[W].[W].[W].[W].[W].[W].[W].[W].[W].[W].[W].[W]. The topological polar surface area (TPSA) is 387 Å². The van der Waals surface area contributed by atoms with Crippen LogP contribution < -0.4 is 0 Å². The van der Waals surface area contributed by atoms with Crippen molar-refractivity contribution in [3.8, 4) is 0 Å². The average Bonchev–Trinajstić information content (AvgIpc) is 1.72. The van der Waals surface area contributed by atoms with Gasteiger partial charge in [0.2, 0.25) is 0 Å². The molecule has 0 saturated heterocycles. The van der Waals surface area contributed by atoms with Gasteiger partial charge in [-0.1, -0.05) is 123 Å². The van der Waals surface area contributed by atoms with E-state index in [2.05, 4.69) is 170 Å². The quantitative estimate of drug-likeness (QED) is 0.0587. The van der Waals surface area contributed by atoms with E-state index in [9.17, 15) is 28.8 Å². The number of ether oxygens (including phenoxy) is 3. The summed E-state index contributed by atoms with van der Waals surface area (Å²) in [6, 6.07) is 0. The number of aromatic nitrogens is 24. The standard InChI is InChI=1S/2C7H9N2O2.C6H7N2O2.2C6H7N2O.2C6H9N2.C5H5N2O.3C5H7N2.C4H5N2.CH4.12W/c1-5-4-9(2)8-6(5)7(10)11-3;1-5-4-8-9(2)6(5)7(10)11-3;1-4-3-7-8-5(4)6(9)10-2;1-5-3-8(2)7-6(5)4-9;1-5-3-7-8(2)6(5)4-9;1-5-4-8(3)7-6(5)2;1-5-4-7-8(3)6(5)2;1-4-2-6-7-5(4)3-8;2*1-5-3-6-7(2)4-5;1-4-3-6-7-5(4)2;1-4-2-5-6-3-4;;;;;;;;;;;;;/h2*1-3H3;1-2H3,(H,7,8);2*4H,1-2H3;2*1-3H3;3H,1H3,(H,6,7);4H,1-2H3;3H,1-2H3;1-2H3,(H,6,7);2H,1H3,(H,5,6);1H4;;;;;;;;;;;;/q12*-1;;;;;;;;;;;;;. The second-order valence-electron chi connectivity index (χ2n) is 21.3.